The van der Waals surface area contributed by atoms with Crippen molar-refractivity contribution in [3.8, 4) is 0 Å². The van der Waals surface area contributed by atoms with Gasteiger partial charge in [0.25, 0.3) is 0 Å². The first-order chi connectivity index (χ1) is 8.15. The van der Waals surface area contributed by atoms with E-state index >= 15 is 0 Å². The molecule has 0 aliphatic carbocycles. The molecule has 0 bridgehead atoms. The highest BCUT2D eigenvalue weighted by Gasteiger charge is 2.30. The number of urea groups is 1. The van der Waals surface area contributed by atoms with E-state index in [1.54, 1.807) is 13.8 Å². The maximum absolute atomic E-state index is 11.2. The van der Waals surface area contributed by atoms with Crippen LogP contribution < -0.4 is 16.0 Å². The van der Waals surface area contributed by atoms with Crippen LogP contribution in [-0.4, -0.2) is 52.9 Å². The first kappa shape index (κ1) is 16.2. The fourth-order valence-corrected chi connectivity index (χ4v) is 0.924. The number of hydrogen-bond donors (Lipinski definition) is 5. The molecule has 0 radical (unpaired) electrons. The lowest BCUT2D eigenvalue weighted by Gasteiger charge is -2.18. The van der Waals surface area contributed by atoms with Crippen molar-refractivity contribution < 1.29 is 24.6 Å². The molecule has 18 heavy (non-hydrogen) atoms. The lowest BCUT2D eigenvalue weighted by Crippen LogP contribution is -2.50. The van der Waals surface area contributed by atoms with Crippen LogP contribution in [0.5, 0.6) is 0 Å². The van der Waals surface area contributed by atoms with E-state index in [1.165, 1.54) is 0 Å². The monoisotopic (exact) mass is 261 g/mol. The van der Waals surface area contributed by atoms with E-state index in [4.69, 9.17) is 5.11 Å². The van der Waals surface area contributed by atoms with Gasteiger partial charge in [0.1, 0.15) is 0 Å². The zero-order valence-electron chi connectivity index (χ0n) is 10.6. The molecule has 104 valence electrons. The summed E-state index contributed by atoms with van der Waals surface area (Å²) in [7, 11) is 0. The molecule has 8 heteroatoms. The Morgan fingerprint density at radius 2 is 1.78 bits per heavy atom. The van der Waals surface area contributed by atoms with Crippen LogP contribution in [0.3, 0.4) is 0 Å². The second-order valence-electron chi connectivity index (χ2n) is 4.34. The Balaban J connectivity index is 3.93. The van der Waals surface area contributed by atoms with Gasteiger partial charge in [-0.2, -0.15) is 0 Å². The lowest BCUT2D eigenvalue weighted by molar-refractivity contribution is -0.155. The summed E-state index contributed by atoms with van der Waals surface area (Å²) in [5.74, 6) is -1.80. The normalized spacial score (nSPS) is 13.6. The summed E-state index contributed by atoms with van der Waals surface area (Å²) in [4.78, 5) is 32.9. The molecule has 5 N–H and O–H groups in total. The van der Waals surface area contributed by atoms with Crippen LogP contribution in [0.2, 0.25) is 0 Å². The summed E-state index contributed by atoms with van der Waals surface area (Å²) in [5.41, 5.74) is -2.04. The summed E-state index contributed by atoms with van der Waals surface area (Å²) in [5, 5.41) is 24.9. The van der Waals surface area contributed by atoms with Gasteiger partial charge in [0.05, 0.1) is 13.1 Å². The highest BCUT2D eigenvalue weighted by Crippen LogP contribution is 2.00. The summed E-state index contributed by atoms with van der Waals surface area (Å²) >= 11 is 0. The van der Waals surface area contributed by atoms with Gasteiger partial charge in [-0.05, 0) is 20.8 Å². The fraction of sp³-hybridized carbons (Fsp3) is 0.700. The number of amides is 3. The Kier molecular flexibility index (Phi) is 6.11. The molecule has 0 aromatic rings. The second kappa shape index (κ2) is 6.80. The molecule has 1 unspecified atom stereocenters. The summed E-state index contributed by atoms with van der Waals surface area (Å²) < 4.78 is 0. The fourth-order valence-electron chi connectivity index (χ4n) is 0.924. The minimum absolute atomic E-state index is 0.0323. The highest BCUT2D eigenvalue weighted by molar-refractivity contribution is 5.84. The number of rotatable bonds is 6. The van der Waals surface area contributed by atoms with Gasteiger partial charge >= 0.3 is 12.0 Å². The van der Waals surface area contributed by atoms with E-state index in [2.05, 4.69) is 16.0 Å². The first-order valence-corrected chi connectivity index (χ1v) is 5.42. The van der Waals surface area contributed by atoms with Crippen LogP contribution in [0.15, 0.2) is 0 Å². The van der Waals surface area contributed by atoms with E-state index in [-0.39, 0.29) is 18.5 Å². The van der Waals surface area contributed by atoms with Crippen LogP contribution in [0, 0.1) is 0 Å². The van der Waals surface area contributed by atoms with Gasteiger partial charge in [0, 0.05) is 6.04 Å². The van der Waals surface area contributed by atoms with Crippen molar-refractivity contribution in [2.24, 2.45) is 0 Å². The Morgan fingerprint density at radius 3 is 2.22 bits per heavy atom. The molecule has 0 aromatic heterocycles. The van der Waals surface area contributed by atoms with Crippen molar-refractivity contribution in [2.45, 2.75) is 32.4 Å². The van der Waals surface area contributed by atoms with Gasteiger partial charge in [-0.1, -0.05) is 0 Å². The highest BCUT2D eigenvalue weighted by atomic mass is 16.4. The molecule has 0 aliphatic rings. The van der Waals surface area contributed by atoms with E-state index in [1.807, 2.05) is 0 Å². The maximum Gasteiger partial charge on any atom is 0.337 e. The Hall–Kier alpha value is -1.83. The van der Waals surface area contributed by atoms with E-state index in [0.717, 1.165) is 6.92 Å². The predicted octanol–water partition coefficient (Wildman–Crippen LogP) is -1.35. The van der Waals surface area contributed by atoms with Gasteiger partial charge in [-0.25, -0.2) is 9.59 Å². The molecule has 8 nitrogen and oxygen atoms in total. The molecule has 0 aromatic carbocycles. The third-order valence-corrected chi connectivity index (χ3v) is 1.91. The van der Waals surface area contributed by atoms with E-state index < -0.39 is 24.1 Å². The first-order valence-electron chi connectivity index (χ1n) is 5.42. The van der Waals surface area contributed by atoms with Crippen molar-refractivity contribution in [3.05, 3.63) is 0 Å². The number of aliphatic hydroxyl groups is 1. The Morgan fingerprint density at radius 1 is 1.22 bits per heavy atom. The second-order valence-corrected chi connectivity index (χ2v) is 4.34. The minimum Gasteiger partial charge on any atom is -0.479 e. The van der Waals surface area contributed by atoms with Crippen molar-refractivity contribution in [1.29, 1.82) is 0 Å². The molecule has 0 fully saturated rings. The van der Waals surface area contributed by atoms with Crippen molar-refractivity contribution in [3.63, 3.8) is 0 Å². The van der Waals surface area contributed by atoms with Crippen molar-refractivity contribution in [2.75, 3.05) is 13.1 Å². The van der Waals surface area contributed by atoms with Crippen LogP contribution in [0.25, 0.3) is 0 Å². The van der Waals surface area contributed by atoms with Gasteiger partial charge in [0.2, 0.25) is 5.91 Å². The quantitative estimate of drug-likeness (QED) is 0.404. The number of nitrogens with one attached hydrogen (secondary N) is 3. The maximum atomic E-state index is 11.2. The average Bonchev–Trinajstić information content (AvgIpc) is 2.22. The van der Waals surface area contributed by atoms with Gasteiger partial charge in [0.15, 0.2) is 5.60 Å². The third kappa shape index (κ3) is 6.69. The number of carbonyl (C=O) groups is 3. The molecule has 0 saturated heterocycles. The molecule has 0 heterocycles. The SMILES string of the molecule is CC(C)NC(=O)CNC(=O)NCC(C)(O)C(=O)O. The zero-order valence-corrected chi connectivity index (χ0v) is 10.6. The molecule has 1 atom stereocenters. The van der Waals surface area contributed by atoms with Gasteiger partial charge in [-0.3, -0.25) is 4.79 Å². The average molecular weight is 261 g/mol. The van der Waals surface area contributed by atoms with Crippen LogP contribution in [0.4, 0.5) is 4.79 Å². The number of carboxylic acid groups (broad SMARTS) is 1. The predicted molar refractivity (Wildman–Crippen MR) is 62.9 cm³/mol. The lowest BCUT2D eigenvalue weighted by atomic mass is 10.1. The minimum atomic E-state index is -2.04. The molecular formula is C10H19N3O5. The number of aliphatic carboxylic acids is 1. The molecular weight excluding hydrogens is 242 g/mol. The molecule has 0 rings (SSSR count). The topological polar surface area (TPSA) is 128 Å². The number of hydrogen-bond acceptors (Lipinski definition) is 4. The molecule has 0 saturated carbocycles. The molecule has 3 amide bonds. The summed E-state index contributed by atoms with van der Waals surface area (Å²) in [6.45, 7) is 3.93. The smallest absolute Gasteiger partial charge is 0.337 e. The van der Waals surface area contributed by atoms with Crippen LogP contribution >= 0.6 is 0 Å². The van der Waals surface area contributed by atoms with Crippen molar-refractivity contribution in [1.82, 2.24) is 16.0 Å². The molecule has 0 aliphatic heterocycles. The Bertz CT molecular complexity index is 327. The number of carbonyl (C=O) groups excluding carboxylic acids is 2. The van der Waals surface area contributed by atoms with Gasteiger partial charge < -0.3 is 26.2 Å². The molecule has 0 spiro atoms. The number of carboxylic acids is 1. The van der Waals surface area contributed by atoms with E-state index in [9.17, 15) is 19.5 Å². The third-order valence-electron chi connectivity index (χ3n) is 1.91. The largest absolute Gasteiger partial charge is 0.479 e. The van der Waals surface area contributed by atoms with E-state index in [0.29, 0.717) is 0 Å². The summed E-state index contributed by atoms with van der Waals surface area (Å²) in [6, 6.07) is -0.759. The van der Waals surface area contributed by atoms with Crippen molar-refractivity contribution >= 4 is 17.9 Å². The zero-order chi connectivity index (χ0) is 14.3. The van der Waals surface area contributed by atoms with Crippen LogP contribution in [-0.2, 0) is 9.59 Å². The standard InChI is InChI=1S/C10H19N3O5/c1-6(2)13-7(14)4-11-9(17)12-5-10(3,18)8(15)16/h6,18H,4-5H2,1-3H3,(H,13,14)(H,15,16)(H2,11,12,17). The van der Waals surface area contributed by atoms with Gasteiger partial charge in [-0.15, -0.1) is 0 Å². The summed E-state index contributed by atoms with van der Waals surface area (Å²) in [6.07, 6.45) is 0. The Labute approximate surface area is 105 Å². The van der Waals surface area contributed by atoms with Crippen LogP contribution in [0.1, 0.15) is 20.8 Å².